The van der Waals surface area contributed by atoms with E-state index in [-0.39, 0.29) is 0 Å². The van der Waals surface area contributed by atoms with Gasteiger partial charge in [-0.3, -0.25) is 9.89 Å². The van der Waals surface area contributed by atoms with Gasteiger partial charge in [-0.25, -0.2) is 0 Å². The van der Waals surface area contributed by atoms with Crippen LogP contribution in [-0.4, -0.2) is 16.5 Å². The normalized spacial score (nSPS) is 10.7. The molecule has 0 fully saturated rings. The molecule has 1 heterocycles. The third-order valence-corrected chi connectivity index (χ3v) is 3.12. The Morgan fingerprint density at radius 2 is 2.00 bits per heavy atom. The van der Waals surface area contributed by atoms with Crippen LogP contribution in [0.15, 0.2) is 42.5 Å². The minimum atomic E-state index is 0.665. The van der Waals surface area contributed by atoms with Crippen molar-refractivity contribution in [2.24, 2.45) is 0 Å². The molecule has 0 spiro atoms. The third kappa shape index (κ3) is 1.61. The van der Waals surface area contributed by atoms with Crippen molar-refractivity contribution in [3.63, 3.8) is 0 Å². The van der Waals surface area contributed by atoms with Crippen molar-refractivity contribution in [1.29, 1.82) is 0 Å². The largest absolute Gasteiger partial charge is 0.298 e. The first-order chi connectivity index (χ1) is 8.79. The number of aromatic nitrogens is 2. The summed E-state index contributed by atoms with van der Waals surface area (Å²) in [5, 5.41) is 8.34. The molecule has 3 nitrogen and oxygen atoms in total. The number of nitrogens with zero attached hydrogens (tertiary/aromatic N) is 1. The van der Waals surface area contributed by atoms with Crippen molar-refractivity contribution in [2.45, 2.75) is 6.92 Å². The van der Waals surface area contributed by atoms with E-state index in [1.54, 1.807) is 6.07 Å². The number of aryl methyl sites for hydroxylation is 1. The van der Waals surface area contributed by atoms with Crippen molar-refractivity contribution < 1.29 is 4.79 Å². The molecule has 88 valence electrons. The first kappa shape index (κ1) is 10.7. The average molecular weight is 236 g/mol. The second-order valence-corrected chi connectivity index (χ2v) is 4.31. The van der Waals surface area contributed by atoms with Gasteiger partial charge in [0.1, 0.15) is 12.0 Å². The van der Waals surface area contributed by atoms with Crippen molar-refractivity contribution in [3.8, 4) is 11.3 Å². The van der Waals surface area contributed by atoms with E-state index in [4.69, 9.17) is 0 Å². The van der Waals surface area contributed by atoms with Crippen LogP contribution in [0.4, 0.5) is 0 Å². The van der Waals surface area contributed by atoms with Crippen molar-refractivity contribution in [3.05, 3.63) is 53.6 Å². The van der Waals surface area contributed by atoms with Crippen LogP contribution < -0.4 is 0 Å². The zero-order chi connectivity index (χ0) is 12.5. The molecule has 0 aliphatic carbocycles. The lowest BCUT2D eigenvalue weighted by molar-refractivity contribution is 0.112. The van der Waals surface area contributed by atoms with E-state index in [1.165, 1.54) is 5.56 Å². The van der Waals surface area contributed by atoms with Gasteiger partial charge in [0.2, 0.25) is 0 Å². The molecule has 3 aromatic rings. The summed E-state index contributed by atoms with van der Waals surface area (Å²) < 4.78 is 0. The zero-order valence-corrected chi connectivity index (χ0v) is 9.97. The lowest BCUT2D eigenvalue weighted by Crippen LogP contribution is -1.84. The van der Waals surface area contributed by atoms with Gasteiger partial charge < -0.3 is 0 Å². The van der Waals surface area contributed by atoms with Gasteiger partial charge in [-0.15, -0.1) is 0 Å². The number of hydrogen-bond donors (Lipinski definition) is 1. The van der Waals surface area contributed by atoms with Gasteiger partial charge in [0, 0.05) is 16.5 Å². The van der Waals surface area contributed by atoms with E-state index in [1.807, 2.05) is 30.3 Å². The van der Waals surface area contributed by atoms with Gasteiger partial charge in [0.25, 0.3) is 0 Å². The maximum absolute atomic E-state index is 10.9. The van der Waals surface area contributed by atoms with Crippen molar-refractivity contribution in [1.82, 2.24) is 10.2 Å². The van der Waals surface area contributed by atoms with Gasteiger partial charge >= 0.3 is 0 Å². The highest BCUT2D eigenvalue weighted by Crippen LogP contribution is 2.28. The van der Waals surface area contributed by atoms with Crippen molar-refractivity contribution in [2.75, 3.05) is 0 Å². The Balaban J connectivity index is 2.29. The molecule has 0 aliphatic heterocycles. The summed E-state index contributed by atoms with van der Waals surface area (Å²) in [6.07, 6.45) is 0.855. The molecule has 0 saturated heterocycles. The predicted octanol–water partition coefficient (Wildman–Crippen LogP) is 3.35. The topological polar surface area (TPSA) is 45.8 Å². The van der Waals surface area contributed by atoms with Crippen LogP contribution >= 0.6 is 0 Å². The SMILES string of the molecule is Cc1ccccc1-c1n[nH]c2ccc(C=O)cc12. The maximum Gasteiger partial charge on any atom is 0.150 e. The van der Waals surface area contributed by atoms with Crippen LogP contribution in [0.3, 0.4) is 0 Å². The molecule has 18 heavy (non-hydrogen) atoms. The quantitative estimate of drug-likeness (QED) is 0.693. The highest BCUT2D eigenvalue weighted by Gasteiger charge is 2.10. The number of nitrogens with one attached hydrogen (secondary N) is 1. The monoisotopic (exact) mass is 236 g/mol. The smallest absolute Gasteiger partial charge is 0.150 e. The Kier molecular flexibility index (Phi) is 2.45. The lowest BCUT2D eigenvalue weighted by atomic mass is 10.0. The summed E-state index contributed by atoms with van der Waals surface area (Å²) in [7, 11) is 0. The summed E-state index contributed by atoms with van der Waals surface area (Å²) in [6, 6.07) is 13.6. The second kappa shape index (κ2) is 4.11. The highest BCUT2D eigenvalue weighted by molar-refractivity contribution is 5.96. The standard InChI is InChI=1S/C15H12N2O/c1-10-4-2-3-5-12(10)15-13-8-11(9-18)6-7-14(13)16-17-15/h2-9H,1H3,(H,16,17). The first-order valence-electron chi connectivity index (χ1n) is 5.79. The fourth-order valence-electron chi connectivity index (χ4n) is 2.15. The molecule has 1 N–H and O–H groups in total. The number of benzene rings is 2. The number of aldehydes is 1. The molecule has 0 radical (unpaired) electrons. The van der Waals surface area contributed by atoms with Crippen LogP contribution in [0, 0.1) is 6.92 Å². The molecule has 0 saturated carbocycles. The number of carbonyl (C=O) groups is 1. The van der Waals surface area contributed by atoms with Gasteiger partial charge in [0.15, 0.2) is 0 Å². The summed E-state index contributed by atoms with van der Waals surface area (Å²) in [5.74, 6) is 0. The molecule has 0 aliphatic rings. The summed E-state index contributed by atoms with van der Waals surface area (Å²) >= 11 is 0. The summed E-state index contributed by atoms with van der Waals surface area (Å²) in [5.41, 5.74) is 4.76. The Labute approximate surface area is 104 Å². The van der Waals surface area contributed by atoms with Gasteiger partial charge in [-0.1, -0.05) is 24.3 Å². The molecule has 0 atom stereocenters. The molecule has 0 unspecified atom stereocenters. The van der Waals surface area contributed by atoms with E-state index in [9.17, 15) is 4.79 Å². The Morgan fingerprint density at radius 3 is 2.78 bits per heavy atom. The third-order valence-electron chi connectivity index (χ3n) is 3.12. The minimum absolute atomic E-state index is 0.665. The van der Waals surface area contributed by atoms with Crippen LogP contribution in [0.5, 0.6) is 0 Å². The molecule has 3 rings (SSSR count). The molecule has 2 aromatic carbocycles. The van der Waals surface area contributed by atoms with E-state index < -0.39 is 0 Å². The fraction of sp³-hybridized carbons (Fsp3) is 0.0667. The summed E-state index contributed by atoms with van der Waals surface area (Å²) in [4.78, 5) is 10.9. The Morgan fingerprint density at radius 1 is 1.17 bits per heavy atom. The molecule has 3 heteroatoms. The van der Waals surface area contributed by atoms with Gasteiger partial charge in [-0.2, -0.15) is 5.10 Å². The molecule has 0 amide bonds. The number of hydrogen-bond acceptors (Lipinski definition) is 2. The highest BCUT2D eigenvalue weighted by atomic mass is 16.1. The lowest BCUT2D eigenvalue weighted by Gasteiger charge is -2.02. The Hall–Kier alpha value is -2.42. The van der Waals surface area contributed by atoms with E-state index in [0.29, 0.717) is 5.56 Å². The molecule has 1 aromatic heterocycles. The molecular weight excluding hydrogens is 224 g/mol. The predicted molar refractivity (Wildman–Crippen MR) is 71.7 cm³/mol. The average Bonchev–Trinajstić information content (AvgIpc) is 2.82. The van der Waals surface area contributed by atoms with Gasteiger partial charge in [0.05, 0.1) is 5.52 Å². The van der Waals surface area contributed by atoms with Crippen LogP contribution in [0.1, 0.15) is 15.9 Å². The number of carbonyl (C=O) groups excluding carboxylic acids is 1. The number of H-pyrrole nitrogens is 1. The number of rotatable bonds is 2. The van der Waals surface area contributed by atoms with Crippen LogP contribution in [-0.2, 0) is 0 Å². The maximum atomic E-state index is 10.9. The molecule has 0 bridgehead atoms. The number of aromatic amines is 1. The second-order valence-electron chi connectivity index (χ2n) is 4.31. The van der Waals surface area contributed by atoms with Crippen molar-refractivity contribution >= 4 is 17.2 Å². The number of fused-ring (bicyclic) bond motifs is 1. The zero-order valence-electron chi connectivity index (χ0n) is 9.97. The van der Waals surface area contributed by atoms with Crippen LogP contribution in [0.2, 0.25) is 0 Å². The summed E-state index contributed by atoms with van der Waals surface area (Å²) in [6.45, 7) is 2.05. The van der Waals surface area contributed by atoms with E-state index in [0.717, 1.165) is 28.4 Å². The van der Waals surface area contributed by atoms with Crippen LogP contribution in [0.25, 0.3) is 22.2 Å². The van der Waals surface area contributed by atoms with E-state index >= 15 is 0 Å². The first-order valence-corrected chi connectivity index (χ1v) is 5.79. The Bertz CT molecular complexity index is 728. The molecular formula is C15H12N2O. The fourth-order valence-corrected chi connectivity index (χ4v) is 2.15. The van der Waals surface area contributed by atoms with E-state index in [2.05, 4.69) is 23.2 Å². The minimum Gasteiger partial charge on any atom is -0.298 e. The van der Waals surface area contributed by atoms with Gasteiger partial charge in [-0.05, 0) is 30.7 Å².